The highest BCUT2D eigenvalue weighted by atomic mass is 16.5. The van der Waals surface area contributed by atoms with Gasteiger partial charge in [-0.25, -0.2) is 4.98 Å². The fourth-order valence-electron chi connectivity index (χ4n) is 3.89. The molecule has 3 heterocycles. The minimum atomic E-state index is -0.916. The Hall–Kier alpha value is -2.86. The summed E-state index contributed by atoms with van der Waals surface area (Å²) in [7, 11) is 1.66. The van der Waals surface area contributed by atoms with Crippen molar-refractivity contribution in [3.63, 3.8) is 0 Å². The normalized spacial score (nSPS) is 19.9. The number of carboxylic acid groups (broad SMARTS) is 1. The topological polar surface area (TPSA) is 71.1 Å². The van der Waals surface area contributed by atoms with Gasteiger partial charge in [0.1, 0.15) is 23.6 Å². The number of benzene rings is 1. The number of hydrogen-bond acceptors (Lipinski definition) is 4. The lowest BCUT2D eigenvalue weighted by Crippen LogP contribution is -3.12. The van der Waals surface area contributed by atoms with E-state index >= 15 is 0 Å². The largest absolute Gasteiger partial charge is 0.550 e. The fraction of sp³-hybridized carbons (Fsp3) is 0.333. The van der Waals surface area contributed by atoms with Crippen molar-refractivity contribution in [1.82, 2.24) is 9.38 Å². The Labute approximate surface area is 158 Å². The van der Waals surface area contributed by atoms with E-state index < -0.39 is 5.97 Å². The number of carbonyl (C=O) groups is 1. The Bertz CT molecular complexity index is 958. The summed E-state index contributed by atoms with van der Waals surface area (Å²) in [6.45, 7) is 2.46. The molecule has 1 saturated heterocycles. The van der Waals surface area contributed by atoms with Crippen LogP contribution < -0.4 is 14.7 Å². The number of aliphatic carboxylic acids is 1. The average Bonchev–Trinajstić information content (AvgIpc) is 3.07. The maximum absolute atomic E-state index is 11.1. The van der Waals surface area contributed by atoms with Gasteiger partial charge in [0.15, 0.2) is 0 Å². The molecule has 0 spiro atoms. The Morgan fingerprint density at radius 2 is 2.07 bits per heavy atom. The smallest absolute Gasteiger partial charge is 0.137 e. The summed E-state index contributed by atoms with van der Waals surface area (Å²) in [6.07, 6.45) is 3.38. The van der Waals surface area contributed by atoms with E-state index in [0.717, 1.165) is 48.0 Å². The van der Waals surface area contributed by atoms with Gasteiger partial charge < -0.3 is 19.5 Å². The number of piperidine rings is 1. The summed E-state index contributed by atoms with van der Waals surface area (Å²) in [5, 5.41) is 11.1. The van der Waals surface area contributed by atoms with Crippen LogP contribution >= 0.6 is 0 Å². The molecule has 1 aliphatic heterocycles. The third-order valence-corrected chi connectivity index (χ3v) is 5.42. The number of hydrogen-bond donors (Lipinski definition) is 1. The maximum Gasteiger partial charge on any atom is 0.137 e. The molecule has 1 aliphatic rings. The van der Waals surface area contributed by atoms with Crippen LogP contribution in [0.1, 0.15) is 18.5 Å². The van der Waals surface area contributed by atoms with Crippen molar-refractivity contribution < 1.29 is 19.5 Å². The van der Waals surface area contributed by atoms with E-state index in [0.29, 0.717) is 12.8 Å². The molecule has 1 fully saturated rings. The molecule has 0 saturated carbocycles. The number of likely N-dealkylation sites (tertiary alicyclic amines) is 1. The van der Waals surface area contributed by atoms with E-state index in [-0.39, 0.29) is 5.92 Å². The lowest BCUT2D eigenvalue weighted by molar-refractivity contribution is -0.919. The summed E-state index contributed by atoms with van der Waals surface area (Å²) in [4.78, 5) is 17.3. The third kappa shape index (κ3) is 3.53. The fourth-order valence-corrected chi connectivity index (χ4v) is 3.89. The van der Waals surface area contributed by atoms with Crippen molar-refractivity contribution >= 4 is 11.6 Å². The van der Waals surface area contributed by atoms with E-state index in [1.165, 1.54) is 4.90 Å². The zero-order valence-corrected chi connectivity index (χ0v) is 15.4. The highest BCUT2D eigenvalue weighted by molar-refractivity contribution is 5.68. The summed E-state index contributed by atoms with van der Waals surface area (Å²) in [5.74, 6) is -0.424. The highest BCUT2D eigenvalue weighted by Gasteiger charge is 2.25. The van der Waals surface area contributed by atoms with Gasteiger partial charge in [-0.2, -0.15) is 0 Å². The molecule has 0 atom stereocenters. The first-order chi connectivity index (χ1) is 13.2. The number of aromatic nitrogens is 2. The predicted molar refractivity (Wildman–Crippen MR) is 99.3 cm³/mol. The quantitative estimate of drug-likeness (QED) is 0.717. The summed E-state index contributed by atoms with van der Waals surface area (Å²) < 4.78 is 7.50. The lowest BCUT2D eigenvalue weighted by atomic mass is 9.97. The second kappa shape index (κ2) is 7.40. The van der Waals surface area contributed by atoms with Crippen molar-refractivity contribution in [3.05, 3.63) is 54.4 Å². The zero-order valence-electron chi connectivity index (χ0n) is 15.4. The monoisotopic (exact) mass is 365 g/mol. The Morgan fingerprint density at radius 1 is 1.26 bits per heavy atom. The first kappa shape index (κ1) is 17.5. The Kier molecular flexibility index (Phi) is 4.81. The third-order valence-electron chi connectivity index (χ3n) is 5.42. The molecule has 1 N–H and O–H groups in total. The molecule has 2 aromatic heterocycles. The molecule has 0 bridgehead atoms. The van der Waals surface area contributed by atoms with Crippen molar-refractivity contribution in [1.29, 1.82) is 0 Å². The van der Waals surface area contributed by atoms with Crippen LogP contribution in [0.15, 0.2) is 48.7 Å². The van der Waals surface area contributed by atoms with Crippen LogP contribution in [-0.4, -0.2) is 35.6 Å². The van der Waals surface area contributed by atoms with E-state index in [9.17, 15) is 9.90 Å². The van der Waals surface area contributed by atoms with Crippen LogP contribution in [0.25, 0.3) is 16.9 Å². The Morgan fingerprint density at radius 3 is 2.81 bits per heavy atom. The molecular weight excluding hydrogens is 342 g/mol. The van der Waals surface area contributed by atoms with Gasteiger partial charge in [-0.1, -0.05) is 18.2 Å². The summed E-state index contributed by atoms with van der Waals surface area (Å²) in [5.41, 5.74) is 4.03. The molecule has 6 nitrogen and oxygen atoms in total. The van der Waals surface area contributed by atoms with E-state index in [1.54, 1.807) is 7.11 Å². The molecule has 0 unspecified atom stereocenters. The van der Waals surface area contributed by atoms with Gasteiger partial charge in [0, 0.05) is 36.5 Å². The number of carboxylic acids is 1. The second-order valence-corrected chi connectivity index (χ2v) is 7.09. The molecule has 0 aliphatic carbocycles. The van der Waals surface area contributed by atoms with E-state index in [4.69, 9.17) is 9.72 Å². The number of nitrogens with zero attached hydrogens (tertiary/aromatic N) is 2. The van der Waals surface area contributed by atoms with Crippen LogP contribution in [-0.2, 0) is 11.3 Å². The minimum absolute atomic E-state index is 0.311. The van der Waals surface area contributed by atoms with E-state index in [1.807, 2.05) is 48.7 Å². The van der Waals surface area contributed by atoms with Gasteiger partial charge in [-0.3, -0.25) is 4.40 Å². The number of nitrogens with one attached hydrogen (secondary N) is 1. The minimum Gasteiger partial charge on any atom is -0.550 e. The van der Waals surface area contributed by atoms with Crippen molar-refractivity contribution in [2.24, 2.45) is 5.92 Å². The number of fused-ring (bicyclic) bond motifs is 1. The van der Waals surface area contributed by atoms with Crippen molar-refractivity contribution in [2.75, 3.05) is 20.2 Å². The predicted octanol–water partition coefficient (Wildman–Crippen LogP) is 0.555. The highest BCUT2D eigenvalue weighted by Crippen LogP contribution is 2.27. The number of methoxy groups -OCH3 is 1. The second-order valence-electron chi connectivity index (χ2n) is 7.09. The number of pyridine rings is 1. The van der Waals surface area contributed by atoms with Crippen LogP contribution in [0.3, 0.4) is 0 Å². The molecule has 27 heavy (non-hydrogen) atoms. The molecule has 140 valence electrons. The van der Waals surface area contributed by atoms with Gasteiger partial charge in [0.25, 0.3) is 0 Å². The first-order valence-corrected chi connectivity index (χ1v) is 9.30. The van der Waals surface area contributed by atoms with Gasteiger partial charge in [0.05, 0.1) is 25.9 Å². The van der Waals surface area contributed by atoms with Crippen molar-refractivity contribution in [2.45, 2.75) is 19.4 Å². The lowest BCUT2D eigenvalue weighted by Gasteiger charge is -2.29. The molecular formula is C21H23N3O3. The van der Waals surface area contributed by atoms with E-state index in [2.05, 4.69) is 4.40 Å². The maximum atomic E-state index is 11.1. The summed E-state index contributed by atoms with van der Waals surface area (Å²) >= 11 is 0. The van der Waals surface area contributed by atoms with Crippen molar-refractivity contribution in [3.8, 4) is 17.0 Å². The van der Waals surface area contributed by atoms with Gasteiger partial charge in [-0.15, -0.1) is 0 Å². The van der Waals surface area contributed by atoms with Gasteiger partial charge >= 0.3 is 0 Å². The standard InChI is InChI=1S/C21H23N3O3/c1-27-17-6-4-5-16(13-17)20-18(24-10-3-2-7-19(24)22-20)14-23-11-8-15(9-12-23)21(25)26/h2-7,10,13,15H,8-9,11-12,14H2,1H3,(H,25,26). The molecule has 6 heteroatoms. The SMILES string of the molecule is COc1cccc(-c2nc3ccccn3c2C[NH+]2CCC(C(=O)[O-])CC2)c1. The van der Waals surface area contributed by atoms with Crippen LogP contribution in [0.4, 0.5) is 0 Å². The number of ether oxygens (including phenoxy) is 1. The first-order valence-electron chi connectivity index (χ1n) is 9.30. The number of imidazole rings is 1. The van der Waals surface area contributed by atoms with Gasteiger partial charge in [-0.05, 0) is 24.3 Å². The molecule has 0 radical (unpaired) electrons. The van der Waals surface area contributed by atoms with Crippen LogP contribution in [0.5, 0.6) is 5.75 Å². The summed E-state index contributed by atoms with van der Waals surface area (Å²) in [6, 6.07) is 13.9. The molecule has 1 aromatic carbocycles. The molecule has 4 rings (SSSR count). The molecule has 0 amide bonds. The number of carbonyl (C=O) groups excluding carboxylic acids is 1. The van der Waals surface area contributed by atoms with Crippen LogP contribution in [0.2, 0.25) is 0 Å². The van der Waals surface area contributed by atoms with Crippen LogP contribution in [0, 0.1) is 5.92 Å². The number of quaternary nitrogens is 1. The number of rotatable bonds is 5. The van der Waals surface area contributed by atoms with Gasteiger partial charge in [0.2, 0.25) is 0 Å². The Balaban J connectivity index is 1.68. The molecule has 3 aromatic rings. The zero-order chi connectivity index (χ0) is 18.8. The average molecular weight is 365 g/mol.